The fourth-order valence-electron chi connectivity index (χ4n) is 0.458. The Morgan fingerprint density at radius 2 is 1.33 bits per heavy atom. The zero-order valence-electron chi connectivity index (χ0n) is 11.5. The number of aliphatic hydroxyl groups is 2. The van der Waals surface area contributed by atoms with E-state index in [-0.39, 0.29) is 31.8 Å². The predicted octanol–water partition coefficient (Wildman–Crippen LogP) is -0.264. The zero-order valence-corrected chi connectivity index (χ0v) is 11.5. The maximum atomic E-state index is 10.0. The van der Waals surface area contributed by atoms with Gasteiger partial charge in [-0.25, -0.2) is 0 Å². The van der Waals surface area contributed by atoms with Crippen molar-refractivity contribution in [3.8, 4) is 0 Å². The Labute approximate surface area is 108 Å². The van der Waals surface area contributed by atoms with Crippen molar-refractivity contribution in [3.63, 3.8) is 0 Å². The molecule has 0 atom stereocenters. The first-order valence-corrected chi connectivity index (χ1v) is 5.43. The van der Waals surface area contributed by atoms with Crippen LogP contribution in [-0.4, -0.2) is 62.3 Å². The lowest BCUT2D eigenvalue weighted by molar-refractivity contribution is -0.142. The van der Waals surface area contributed by atoms with E-state index in [2.05, 4.69) is 14.2 Å². The number of rotatable bonds is 5. The van der Waals surface area contributed by atoms with Gasteiger partial charge in [0.2, 0.25) is 0 Å². The van der Waals surface area contributed by atoms with Gasteiger partial charge in [-0.05, 0) is 6.92 Å². The standard InChI is InChI=1S/C5H10O3.C4H8O3.C2H6O/c1-5(6)8-4-3-7-2;1-4(6)7-3-2-5;1-2-3/h3-4H2,1-2H3;5H,2-3H2,1H3;3H,2H2,1H3. The van der Waals surface area contributed by atoms with Crippen LogP contribution in [0.1, 0.15) is 20.8 Å². The summed E-state index contributed by atoms with van der Waals surface area (Å²) >= 11 is 0. The lowest BCUT2D eigenvalue weighted by atomic mass is 10.7. The fraction of sp³-hybridized carbons (Fsp3) is 0.818. The van der Waals surface area contributed by atoms with Gasteiger partial charge in [0.05, 0.1) is 13.2 Å². The van der Waals surface area contributed by atoms with Gasteiger partial charge in [0.25, 0.3) is 0 Å². The molecule has 0 bridgehead atoms. The highest BCUT2D eigenvalue weighted by Gasteiger charge is 1.88. The van der Waals surface area contributed by atoms with Gasteiger partial charge in [-0.15, -0.1) is 0 Å². The molecule has 0 heterocycles. The topological polar surface area (TPSA) is 102 Å². The van der Waals surface area contributed by atoms with Crippen molar-refractivity contribution in [2.75, 3.05) is 40.1 Å². The van der Waals surface area contributed by atoms with Crippen LogP contribution in [0, 0.1) is 0 Å². The van der Waals surface area contributed by atoms with Gasteiger partial charge in [0.15, 0.2) is 0 Å². The average molecular weight is 268 g/mol. The molecule has 2 N–H and O–H groups in total. The highest BCUT2D eigenvalue weighted by molar-refractivity contribution is 5.66. The summed E-state index contributed by atoms with van der Waals surface area (Å²) in [5.41, 5.74) is 0. The molecule has 0 aromatic rings. The number of esters is 2. The second kappa shape index (κ2) is 21.1. The van der Waals surface area contributed by atoms with E-state index in [0.29, 0.717) is 13.2 Å². The molecule has 0 aromatic carbocycles. The molecule has 0 saturated heterocycles. The maximum absolute atomic E-state index is 10.0. The largest absolute Gasteiger partial charge is 0.463 e. The molecule has 0 amide bonds. The minimum atomic E-state index is -0.353. The van der Waals surface area contributed by atoms with Gasteiger partial charge in [0.1, 0.15) is 13.2 Å². The molecule has 0 aliphatic heterocycles. The van der Waals surface area contributed by atoms with Gasteiger partial charge in [-0.1, -0.05) is 0 Å². The zero-order chi connectivity index (χ0) is 14.8. The van der Waals surface area contributed by atoms with Crippen molar-refractivity contribution in [3.05, 3.63) is 0 Å². The molecule has 0 saturated carbocycles. The number of methoxy groups -OCH3 is 1. The average Bonchev–Trinajstić information content (AvgIpc) is 2.28. The molecular formula is C11H24O7. The third kappa shape index (κ3) is 46.3. The minimum absolute atomic E-state index is 0.0976. The number of aliphatic hydroxyl groups excluding tert-OH is 2. The Kier molecular flexibility index (Phi) is 25.9. The SMILES string of the molecule is CC(=O)OCCO.CCO.COCCOC(C)=O. The van der Waals surface area contributed by atoms with Crippen LogP contribution in [0.4, 0.5) is 0 Å². The molecule has 0 aliphatic rings. The van der Waals surface area contributed by atoms with Crippen molar-refractivity contribution in [1.29, 1.82) is 0 Å². The molecule has 0 aliphatic carbocycles. The first kappa shape index (κ1) is 22.0. The maximum Gasteiger partial charge on any atom is 0.302 e. The van der Waals surface area contributed by atoms with E-state index in [1.165, 1.54) is 13.8 Å². The van der Waals surface area contributed by atoms with Crippen LogP contribution in [-0.2, 0) is 23.8 Å². The summed E-state index contributed by atoms with van der Waals surface area (Å²) < 4.78 is 13.4. The number of hydrogen-bond acceptors (Lipinski definition) is 7. The van der Waals surface area contributed by atoms with Crippen molar-refractivity contribution >= 4 is 11.9 Å². The van der Waals surface area contributed by atoms with E-state index in [1.54, 1.807) is 14.0 Å². The minimum Gasteiger partial charge on any atom is -0.463 e. The molecular weight excluding hydrogens is 244 g/mol. The van der Waals surface area contributed by atoms with E-state index in [9.17, 15) is 9.59 Å². The third-order valence-electron chi connectivity index (χ3n) is 0.989. The fourth-order valence-corrected chi connectivity index (χ4v) is 0.458. The lowest BCUT2D eigenvalue weighted by Crippen LogP contribution is -2.05. The normalized spacial score (nSPS) is 8.11. The Balaban J connectivity index is -0.000000207. The van der Waals surface area contributed by atoms with E-state index in [0.717, 1.165) is 0 Å². The summed E-state index contributed by atoms with van der Waals surface area (Å²) in [6.07, 6.45) is 0. The van der Waals surface area contributed by atoms with Crippen LogP contribution < -0.4 is 0 Å². The van der Waals surface area contributed by atoms with Crippen molar-refractivity contribution in [2.24, 2.45) is 0 Å². The summed E-state index contributed by atoms with van der Waals surface area (Å²) in [6, 6.07) is 0. The van der Waals surface area contributed by atoms with Crippen LogP contribution in [0.5, 0.6) is 0 Å². The van der Waals surface area contributed by atoms with Crippen molar-refractivity contribution in [1.82, 2.24) is 0 Å². The van der Waals surface area contributed by atoms with Gasteiger partial charge < -0.3 is 24.4 Å². The quantitative estimate of drug-likeness (QED) is 0.523. The van der Waals surface area contributed by atoms with Gasteiger partial charge >= 0.3 is 11.9 Å². The summed E-state index contributed by atoms with van der Waals surface area (Å²) in [4.78, 5) is 19.9. The van der Waals surface area contributed by atoms with Gasteiger partial charge in [-0.2, -0.15) is 0 Å². The molecule has 7 nitrogen and oxygen atoms in total. The van der Waals surface area contributed by atoms with Crippen LogP contribution in [0.3, 0.4) is 0 Å². The van der Waals surface area contributed by atoms with Gasteiger partial charge in [0, 0.05) is 27.6 Å². The van der Waals surface area contributed by atoms with E-state index >= 15 is 0 Å². The third-order valence-corrected chi connectivity index (χ3v) is 0.989. The van der Waals surface area contributed by atoms with Crippen LogP contribution in [0.25, 0.3) is 0 Å². The second-order valence-corrected chi connectivity index (χ2v) is 2.71. The van der Waals surface area contributed by atoms with E-state index in [4.69, 9.17) is 10.2 Å². The highest BCUT2D eigenvalue weighted by Crippen LogP contribution is 1.74. The first-order valence-electron chi connectivity index (χ1n) is 5.43. The number of carbonyl (C=O) groups is 2. The second-order valence-electron chi connectivity index (χ2n) is 2.71. The van der Waals surface area contributed by atoms with E-state index < -0.39 is 0 Å². The summed E-state index contributed by atoms with van der Waals surface area (Å²) in [6.45, 7) is 5.44. The Morgan fingerprint density at radius 3 is 1.56 bits per heavy atom. The number of ether oxygens (including phenoxy) is 3. The summed E-state index contributed by atoms with van der Waals surface area (Å²) in [5, 5.41) is 15.6. The monoisotopic (exact) mass is 268 g/mol. The molecule has 0 fully saturated rings. The van der Waals surface area contributed by atoms with Crippen LogP contribution in [0.15, 0.2) is 0 Å². The Hall–Kier alpha value is -1.18. The lowest BCUT2D eigenvalue weighted by Gasteiger charge is -1.97. The molecule has 18 heavy (non-hydrogen) atoms. The summed E-state index contributed by atoms with van der Waals surface area (Å²) in [7, 11) is 1.56. The Bertz CT molecular complexity index is 182. The molecule has 0 spiro atoms. The molecule has 110 valence electrons. The molecule has 0 rings (SSSR count). The van der Waals surface area contributed by atoms with Crippen molar-refractivity contribution in [2.45, 2.75) is 20.8 Å². The van der Waals surface area contributed by atoms with Gasteiger partial charge in [-0.3, -0.25) is 9.59 Å². The number of carbonyl (C=O) groups excluding carboxylic acids is 2. The van der Waals surface area contributed by atoms with E-state index in [1.807, 2.05) is 0 Å². The number of hydrogen-bond donors (Lipinski definition) is 2. The highest BCUT2D eigenvalue weighted by atomic mass is 16.6. The molecule has 7 heteroatoms. The smallest absolute Gasteiger partial charge is 0.302 e. The molecule has 0 aromatic heterocycles. The van der Waals surface area contributed by atoms with Crippen LogP contribution >= 0.6 is 0 Å². The summed E-state index contributed by atoms with van der Waals surface area (Å²) in [5.74, 6) is -0.615. The predicted molar refractivity (Wildman–Crippen MR) is 65.0 cm³/mol. The molecule has 0 unspecified atom stereocenters. The van der Waals surface area contributed by atoms with Crippen LogP contribution in [0.2, 0.25) is 0 Å². The molecule has 0 radical (unpaired) electrons. The van der Waals surface area contributed by atoms with Crippen molar-refractivity contribution < 1.29 is 34.0 Å². The Morgan fingerprint density at radius 1 is 0.944 bits per heavy atom. The first-order chi connectivity index (χ1) is 8.45.